The van der Waals surface area contributed by atoms with E-state index in [9.17, 15) is 13.2 Å². The molecule has 0 aromatic carbocycles. The van der Waals surface area contributed by atoms with Crippen LogP contribution in [0, 0.1) is 16.7 Å². The number of carbonyl (C=O) groups excluding carboxylic acids is 1. The van der Waals surface area contributed by atoms with E-state index in [0.29, 0.717) is 32.0 Å². The molecule has 0 aliphatic heterocycles. The highest BCUT2D eigenvalue weighted by Crippen LogP contribution is 2.64. The van der Waals surface area contributed by atoms with Crippen LogP contribution in [0.15, 0.2) is 0 Å². The van der Waals surface area contributed by atoms with E-state index in [0.717, 1.165) is 6.42 Å². The van der Waals surface area contributed by atoms with Crippen molar-refractivity contribution in [1.82, 2.24) is 4.31 Å². The zero-order valence-electron chi connectivity index (χ0n) is 14.6. The second kappa shape index (κ2) is 6.78. The first-order chi connectivity index (χ1) is 10.7. The Morgan fingerprint density at radius 1 is 1.17 bits per heavy atom. The second-order valence-electron chi connectivity index (χ2n) is 7.31. The maximum atomic E-state index is 13.0. The zero-order valence-corrected chi connectivity index (χ0v) is 15.4. The molecular weight excluding hydrogens is 318 g/mol. The molecule has 2 aliphatic rings. The first-order valence-electron chi connectivity index (χ1n) is 8.20. The fourth-order valence-electron chi connectivity index (χ4n) is 4.29. The normalized spacial score (nSPS) is 29.6. The molecule has 0 radical (unpaired) electrons. The summed E-state index contributed by atoms with van der Waals surface area (Å²) in [5.41, 5.74) is -0.972. The molecule has 2 aliphatic carbocycles. The molecule has 0 heterocycles. The number of hydrogen-bond acceptors (Lipinski definition) is 5. The Labute approximate surface area is 139 Å². The van der Waals surface area contributed by atoms with Crippen molar-refractivity contribution in [2.24, 2.45) is 16.7 Å². The Balaban J connectivity index is 2.22. The lowest BCUT2D eigenvalue weighted by molar-refractivity contribution is -0.128. The number of nitrogens with zero attached hydrogens (tertiary/aromatic N) is 1. The van der Waals surface area contributed by atoms with Gasteiger partial charge in [-0.25, -0.2) is 8.42 Å². The van der Waals surface area contributed by atoms with Crippen LogP contribution >= 0.6 is 0 Å². The van der Waals surface area contributed by atoms with Gasteiger partial charge in [0.25, 0.3) is 0 Å². The molecule has 0 aromatic heterocycles. The number of sulfonamides is 1. The first kappa shape index (κ1) is 18.8. The molecule has 0 amide bonds. The van der Waals surface area contributed by atoms with Gasteiger partial charge >= 0.3 is 0 Å². The Hall–Kier alpha value is -0.500. The fourth-order valence-corrected chi connectivity index (χ4v) is 6.48. The van der Waals surface area contributed by atoms with Crippen molar-refractivity contribution in [1.29, 1.82) is 0 Å². The van der Waals surface area contributed by atoms with Gasteiger partial charge in [-0.2, -0.15) is 4.31 Å². The summed E-state index contributed by atoms with van der Waals surface area (Å²) in [6.07, 6.45) is 2.16. The van der Waals surface area contributed by atoms with E-state index >= 15 is 0 Å². The summed E-state index contributed by atoms with van der Waals surface area (Å²) in [4.78, 5) is 12.6. The minimum Gasteiger partial charge on any atom is -0.383 e. The van der Waals surface area contributed by atoms with Gasteiger partial charge in [-0.1, -0.05) is 13.8 Å². The number of ketones is 1. The van der Waals surface area contributed by atoms with E-state index in [4.69, 9.17) is 9.47 Å². The molecule has 2 rings (SSSR count). The maximum Gasteiger partial charge on any atom is 0.215 e. The number of fused-ring (bicyclic) bond motifs is 2. The molecule has 0 N–H and O–H groups in total. The molecule has 0 aromatic rings. The predicted molar refractivity (Wildman–Crippen MR) is 87.7 cm³/mol. The van der Waals surface area contributed by atoms with Crippen molar-refractivity contribution in [3.8, 4) is 0 Å². The summed E-state index contributed by atoms with van der Waals surface area (Å²) < 4.78 is 37.4. The Bertz CT molecular complexity index is 537. The monoisotopic (exact) mass is 347 g/mol. The molecule has 0 spiro atoms. The van der Waals surface area contributed by atoms with Crippen molar-refractivity contribution in [3.05, 3.63) is 0 Å². The molecule has 2 atom stereocenters. The Morgan fingerprint density at radius 2 is 1.74 bits per heavy atom. The number of hydrogen-bond donors (Lipinski definition) is 0. The second-order valence-corrected chi connectivity index (χ2v) is 9.28. The molecule has 0 saturated heterocycles. The van der Waals surface area contributed by atoms with Gasteiger partial charge in [0.1, 0.15) is 5.78 Å². The Morgan fingerprint density at radius 3 is 2.13 bits per heavy atom. The van der Waals surface area contributed by atoms with Crippen LogP contribution in [-0.4, -0.2) is 64.8 Å². The van der Waals surface area contributed by atoms with Gasteiger partial charge < -0.3 is 9.47 Å². The van der Waals surface area contributed by atoms with Crippen molar-refractivity contribution in [3.63, 3.8) is 0 Å². The van der Waals surface area contributed by atoms with Crippen LogP contribution < -0.4 is 0 Å². The van der Waals surface area contributed by atoms with Gasteiger partial charge in [0, 0.05) is 39.1 Å². The van der Waals surface area contributed by atoms with Gasteiger partial charge in [-0.15, -0.1) is 0 Å². The lowest BCUT2D eigenvalue weighted by atomic mass is 9.70. The molecule has 23 heavy (non-hydrogen) atoms. The van der Waals surface area contributed by atoms with E-state index in [-0.39, 0.29) is 30.0 Å². The van der Waals surface area contributed by atoms with Gasteiger partial charge in [0.05, 0.1) is 19.0 Å². The third-order valence-corrected chi connectivity index (χ3v) is 8.06. The standard InChI is InChI=1S/C16H29NO5S/c1-15(2)13-5-6-16(15,14(18)11-13)12-23(19,20)17(7-9-21-3)8-10-22-4/h13H,5-12H2,1-4H3/t13-,16+/m0/s1. The smallest absolute Gasteiger partial charge is 0.215 e. The molecule has 2 bridgehead atoms. The molecule has 134 valence electrons. The summed E-state index contributed by atoms with van der Waals surface area (Å²) in [5, 5.41) is 0. The first-order valence-corrected chi connectivity index (χ1v) is 9.81. The van der Waals surface area contributed by atoms with E-state index in [1.165, 1.54) is 4.31 Å². The minimum atomic E-state index is -3.55. The van der Waals surface area contributed by atoms with Gasteiger partial charge in [-0.3, -0.25) is 4.79 Å². The largest absolute Gasteiger partial charge is 0.383 e. The predicted octanol–water partition coefficient (Wildman–Crippen LogP) is 1.31. The van der Waals surface area contributed by atoms with Crippen molar-refractivity contribution in [2.45, 2.75) is 33.1 Å². The van der Waals surface area contributed by atoms with Crippen LogP contribution in [0.25, 0.3) is 0 Å². The number of ether oxygens (including phenoxy) is 2. The molecule has 7 heteroatoms. The third-order valence-electron chi connectivity index (χ3n) is 6.05. The zero-order chi connectivity index (χ0) is 17.3. The summed E-state index contributed by atoms with van der Waals surface area (Å²) in [7, 11) is -0.452. The summed E-state index contributed by atoms with van der Waals surface area (Å²) in [6, 6.07) is 0. The molecular formula is C16H29NO5S. The van der Waals surface area contributed by atoms with Crippen LogP contribution in [-0.2, 0) is 24.3 Å². The highest BCUT2D eigenvalue weighted by atomic mass is 32.2. The van der Waals surface area contributed by atoms with E-state index in [1.807, 2.05) is 0 Å². The average Bonchev–Trinajstić information content (AvgIpc) is 2.80. The molecule has 0 unspecified atom stereocenters. The SMILES string of the molecule is COCCN(CCOC)S(=O)(=O)C[C@]12CC[C@@H](CC1=O)C2(C)C. The van der Waals surface area contributed by atoms with Crippen LogP contribution in [0.4, 0.5) is 0 Å². The molecule has 6 nitrogen and oxygen atoms in total. The average molecular weight is 347 g/mol. The van der Waals surface area contributed by atoms with Crippen LogP contribution in [0.2, 0.25) is 0 Å². The highest BCUT2D eigenvalue weighted by molar-refractivity contribution is 7.89. The maximum absolute atomic E-state index is 13.0. The summed E-state index contributed by atoms with van der Waals surface area (Å²) in [6.45, 7) is 5.35. The number of rotatable bonds is 9. The summed E-state index contributed by atoms with van der Waals surface area (Å²) >= 11 is 0. The lowest BCUT2D eigenvalue weighted by Crippen LogP contribution is -2.47. The van der Waals surface area contributed by atoms with E-state index in [1.54, 1.807) is 14.2 Å². The molecule has 2 fully saturated rings. The fraction of sp³-hybridized carbons (Fsp3) is 0.938. The number of methoxy groups -OCH3 is 2. The highest BCUT2D eigenvalue weighted by Gasteiger charge is 2.65. The quantitative estimate of drug-likeness (QED) is 0.629. The topological polar surface area (TPSA) is 72.9 Å². The third kappa shape index (κ3) is 3.21. The van der Waals surface area contributed by atoms with Gasteiger partial charge in [0.15, 0.2) is 0 Å². The molecule has 2 saturated carbocycles. The van der Waals surface area contributed by atoms with E-state index < -0.39 is 15.4 Å². The minimum absolute atomic E-state index is 0.0875. The van der Waals surface area contributed by atoms with Gasteiger partial charge in [-0.05, 0) is 24.2 Å². The number of carbonyl (C=O) groups is 1. The van der Waals surface area contributed by atoms with Crippen molar-refractivity contribution < 1.29 is 22.7 Å². The van der Waals surface area contributed by atoms with E-state index in [2.05, 4.69) is 13.8 Å². The number of Topliss-reactive ketones (excluding diaryl/α,β-unsaturated/α-hetero) is 1. The van der Waals surface area contributed by atoms with Crippen molar-refractivity contribution in [2.75, 3.05) is 46.3 Å². The van der Waals surface area contributed by atoms with Gasteiger partial charge in [0.2, 0.25) is 10.0 Å². The van der Waals surface area contributed by atoms with Crippen molar-refractivity contribution >= 4 is 15.8 Å². The van der Waals surface area contributed by atoms with Crippen LogP contribution in [0.5, 0.6) is 0 Å². The lowest BCUT2D eigenvalue weighted by Gasteiger charge is -2.37. The van der Waals surface area contributed by atoms with Crippen LogP contribution in [0.1, 0.15) is 33.1 Å². The summed E-state index contributed by atoms with van der Waals surface area (Å²) in [5.74, 6) is 0.354. The van der Waals surface area contributed by atoms with Crippen LogP contribution in [0.3, 0.4) is 0 Å². The Kier molecular flexibility index (Phi) is 5.55.